The molecule has 0 spiro atoms. The Balaban J connectivity index is 1.32. The second-order valence-electron chi connectivity index (χ2n) is 7.89. The molecule has 1 heterocycles. The highest BCUT2D eigenvalue weighted by Gasteiger charge is 2.30. The van der Waals surface area contributed by atoms with Crippen molar-refractivity contribution in [2.45, 2.75) is 24.7 Å². The zero-order valence-corrected chi connectivity index (χ0v) is 22.2. The predicted octanol–water partition coefficient (Wildman–Crippen LogP) is 4.65. The summed E-state index contributed by atoms with van der Waals surface area (Å²) in [7, 11) is -3.68. The van der Waals surface area contributed by atoms with E-state index in [0.29, 0.717) is 30.1 Å². The van der Waals surface area contributed by atoms with Crippen LogP contribution < -0.4 is 19.7 Å². The van der Waals surface area contributed by atoms with E-state index in [1.165, 1.54) is 16.4 Å². The number of halogens is 1. The number of nitrogens with one attached hydrogen (secondary N) is 2. The van der Waals surface area contributed by atoms with E-state index in [4.69, 9.17) is 17.0 Å². The Hall–Kier alpha value is -2.95. The lowest BCUT2D eigenvalue weighted by Crippen LogP contribution is -2.37. The number of carbonyl (C=O) groups is 1. The fourth-order valence-electron chi connectivity index (χ4n) is 3.74. The number of amides is 1. The number of benzene rings is 3. The van der Waals surface area contributed by atoms with Crippen LogP contribution in [-0.2, 0) is 27.7 Å². The molecule has 3 aromatic carbocycles. The molecule has 0 aromatic heterocycles. The molecular weight excluding hydrogens is 550 g/mol. The Morgan fingerprint density at radius 1 is 1.11 bits per heavy atom. The predicted molar refractivity (Wildman–Crippen MR) is 144 cm³/mol. The molecule has 10 heteroatoms. The van der Waals surface area contributed by atoms with Crippen LogP contribution in [0.2, 0.25) is 0 Å². The Morgan fingerprint density at radius 3 is 2.57 bits per heavy atom. The summed E-state index contributed by atoms with van der Waals surface area (Å²) >= 11 is 8.65. The highest BCUT2D eigenvalue weighted by molar-refractivity contribution is 9.10. The summed E-state index contributed by atoms with van der Waals surface area (Å²) in [5.74, 6) is 0.148. The van der Waals surface area contributed by atoms with Gasteiger partial charge in [-0.25, -0.2) is 8.42 Å². The molecular formula is C25H24BrN3O4S2. The Morgan fingerprint density at radius 2 is 1.86 bits per heavy atom. The molecule has 0 saturated heterocycles. The molecule has 1 aliphatic heterocycles. The van der Waals surface area contributed by atoms with Crippen molar-refractivity contribution in [3.63, 3.8) is 0 Å². The number of hydrogen-bond acceptors (Lipinski definition) is 5. The monoisotopic (exact) mass is 573 g/mol. The van der Waals surface area contributed by atoms with Crippen molar-refractivity contribution in [2.75, 3.05) is 22.8 Å². The maximum atomic E-state index is 13.1. The first kappa shape index (κ1) is 25.2. The zero-order valence-electron chi connectivity index (χ0n) is 19.0. The molecule has 0 unspecified atom stereocenters. The lowest BCUT2D eigenvalue weighted by molar-refractivity contribution is -0.121. The van der Waals surface area contributed by atoms with Crippen molar-refractivity contribution in [1.29, 1.82) is 0 Å². The average Bonchev–Trinajstić information content (AvgIpc) is 3.28. The highest BCUT2D eigenvalue weighted by Crippen LogP contribution is 2.33. The SMILES string of the molecule is CCc1ccc(OCC(=O)NC(=S)Nc2ccc(S(=O)(=O)N3CCc4ccccc43)cc2)c(Br)c1. The van der Waals surface area contributed by atoms with Gasteiger partial charge in [-0.3, -0.25) is 14.4 Å². The van der Waals surface area contributed by atoms with Gasteiger partial charge in [0.1, 0.15) is 5.75 Å². The van der Waals surface area contributed by atoms with Gasteiger partial charge in [0.2, 0.25) is 0 Å². The van der Waals surface area contributed by atoms with E-state index >= 15 is 0 Å². The summed E-state index contributed by atoms with van der Waals surface area (Å²) in [4.78, 5) is 12.4. The molecule has 0 radical (unpaired) electrons. The number of hydrogen-bond donors (Lipinski definition) is 2. The number of sulfonamides is 1. The van der Waals surface area contributed by atoms with Crippen molar-refractivity contribution < 1.29 is 17.9 Å². The van der Waals surface area contributed by atoms with E-state index < -0.39 is 15.9 Å². The third kappa shape index (κ3) is 5.83. The van der Waals surface area contributed by atoms with E-state index in [9.17, 15) is 13.2 Å². The number of aryl methyl sites for hydroxylation is 1. The normalized spacial score (nSPS) is 12.7. The maximum Gasteiger partial charge on any atom is 0.264 e. The number of para-hydroxylation sites is 1. The van der Waals surface area contributed by atoms with Crippen LogP contribution >= 0.6 is 28.1 Å². The Labute approximate surface area is 218 Å². The third-order valence-corrected chi connectivity index (χ3v) is 8.21. The minimum absolute atomic E-state index is 0.0862. The van der Waals surface area contributed by atoms with Gasteiger partial charge in [-0.2, -0.15) is 0 Å². The van der Waals surface area contributed by atoms with Gasteiger partial charge in [0.15, 0.2) is 11.7 Å². The van der Waals surface area contributed by atoms with E-state index in [-0.39, 0.29) is 16.6 Å². The van der Waals surface area contributed by atoms with Crippen LogP contribution in [0.1, 0.15) is 18.1 Å². The maximum absolute atomic E-state index is 13.1. The summed E-state index contributed by atoms with van der Waals surface area (Å²) in [6.45, 7) is 2.27. The molecule has 0 bridgehead atoms. The molecule has 0 fully saturated rings. The molecule has 0 aliphatic carbocycles. The van der Waals surface area contributed by atoms with Crippen molar-refractivity contribution >= 4 is 60.6 Å². The standard InChI is InChI=1S/C25H24BrN3O4S2/c1-2-17-7-12-23(21(26)15-17)33-16-24(30)28-25(34)27-19-8-10-20(11-9-19)35(31,32)29-14-13-18-5-3-4-6-22(18)29/h3-12,15H,2,13-14,16H2,1H3,(H2,27,28,30,34). The smallest absolute Gasteiger partial charge is 0.264 e. The van der Waals surface area contributed by atoms with Crippen molar-refractivity contribution in [3.8, 4) is 5.75 Å². The number of nitrogens with zero attached hydrogens (tertiary/aromatic N) is 1. The van der Waals surface area contributed by atoms with Gasteiger partial charge in [0, 0.05) is 12.2 Å². The Bertz CT molecular complexity index is 1360. The summed E-state index contributed by atoms with van der Waals surface area (Å²) in [6, 6.07) is 19.5. The second kappa shape index (κ2) is 10.8. The Kier molecular flexibility index (Phi) is 7.73. The topological polar surface area (TPSA) is 87.7 Å². The lowest BCUT2D eigenvalue weighted by Gasteiger charge is -2.19. The molecule has 1 amide bonds. The molecule has 3 aromatic rings. The molecule has 182 valence electrons. The minimum atomic E-state index is -3.68. The largest absolute Gasteiger partial charge is 0.483 e. The van der Waals surface area contributed by atoms with Gasteiger partial charge < -0.3 is 10.1 Å². The molecule has 0 atom stereocenters. The summed E-state index contributed by atoms with van der Waals surface area (Å²) in [5, 5.41) is 5.53. The molecule has 2 N–H and O–H groups in total. The summed E-state index contributed by atoms with van der Waals surface area (Å²) < 4.78 is 34.0. The van der Waals surface area contributed by atoms with Crippen LogP contribution in [0.5, 0.6) is 5.75 Å². The summed E-state index contributed by atoms with van der Waals surface area (Å²) in [5.41, 5.74) is 3.44. The first-order valence-corrected chi connectivity index (χ1v) is 13.6. The number of ether oxygens (including phenoxy) is 1. The van der Waals surface area contributed by atoms with Crippen molar-refractivity contribution in [1.82, 2.24) is 5.32 Å². The van der Waals surface area contributed by atoms with E-state index in [1.54, 1.807) is 12.1 Å². The third-order valence-electron chi connectivity index (χ3n) is 5.56. The van der Waals surface area contributed by atoms with Crippen LogP contribution in [-0.4, -0.2) is 32.6 Å². The average molecular weight is 575 g/mol. The van der Waals surface area contributed by atoms with E-state index in [2.05, 4.69) is 33.5 Å². The van der Waals surface area contributed by atoms with Crippen LogP contribution in [0.4, 0.5) is 11.4 Å². The fraction of sp³-hybridized carbons (Fsp3) is 0.200. The first-order chi connectivity index (χ1) is 16.8. The minimum Gasteiger partial charge on any atom is -0.483 e. The van der Waals surface area contributed by atoms with Crippen LogP contribution in [0.25, 0.3) is 0 Å². The number of rotatable bonds is 7. The number of anilines is 2. The van der Waals surface area contributed by atoms with Crippen LogP contribution in [0.3, 0.4) is 0 Å². The van der Waals surface area contributed by atoms with Gasteiger partial charge in [-0.15, -0.1) is 0 Å². The van der Waals surface area contributed by atoms with Gasteiger partial charge in [0.05, 0.1) is 15.1 Å². The van der Waals surface area contributed by atoms with Crippen molar-refractivity contribution in [2.24, 2.45) is 0 Å². The molecule has 4 rings (SSSR count). The van der Waals surface area contributed by atoms with Gasteiger partial charge >= 0.3 is 0 Å². The lowest BCUT2D eigenvalue weighted by atomic mass is 10.2. The zero-order chi connectivity index (χ0) is 25.0. The highest BCUT2D eigenvalue weighted by atomic mass is 79.9. The number of fused-ring (bicyclic) bond motifs is 1. The first-order valence-electron chi connectivity index (χ1n) is 11.0. The second-order valence-corrected chi connectivity index (χ2v) is 11.0. The summed E-state index contributed by atoms with van der Waals surface area (Å²) in [6.07, 6.45) is 1.59. The van der Waals surface area contributed by atoms with Gasteiger partial charge in [-0.05, 0) is 94.6 Å². The van der Waals surface area contributed by atoms with Gasteiger partial charge in [0.25, 0.3) is 15.9 Å². The number of carbonyl (C=O) groups excluding carboxylic acids is 1. The van der Waals surface area contributed by atoms with E-state index in [0.717, 1.165) is 22.0 Å². The fourth-order valence-corrected chi connectivity index (χ4v) is 6.02. The quantitative estimate of drug-likeness (QED) is 0.400. The van der Waals surface area contributed by atoms with E-state index in [1.807, 2.05) is 42.5 Å². The molecule has 7 nitrogen and oxygen atoms in total. The number of thiocarbonyl (C=S) groups is 1. The molecule has 0 saturated carbocycles. The molecule has 1 aliphatic rings. The van der Waals surface area contributed by atoms with Crippen LogP contribution in [0.15, 0.2) is 76.1 Å². The molecule has 35 heavy (non-hydrogen) atoms. The van der Waals surface area contributed by atoms with Crippen molar-refractivity contribution in [3.05, 3.63) is 82.3 Å². The van der Waals surface area contributed by atoms with Crippen LogP contribution in [0, 0.1) is 0 Å². The van der Waals surface area contributed by atoms with Gasteiger partial charge in [-0.1, -0.05) is 31.2 Å².